The molecule has 1 atom stereocenters. The van der Waals surface area contributed by atoms with Crippen molar-refractivity contribution in [2.45, 2.75) is 13.0 Å². The smallest absolute Gasteiger partial charge is 0.415 e. The first-order chi connectivity index (χ1) is 11.2. The van der Waals surface area contributed by atoms with Gasteiger partial charge >= 0.3 is 12.1 Å². The lowest BCUT2D eigenvalue weighted by Crippen LogP contribution is -2.40. The van der Waals surface area contributed by atoms with E-state index in [4.69, 9.17) is 9.47 Å². The van der Waals surface area contributed by atoms with Gasteiger partial charge in [0.25, 0.3) is 0 Å². The summed E-state index contributed by atoms with van der Waals surface area (Å²) in [5.74, 6) is 5.38. The lowest BCUT2D eigenvalue weighted by atomic mass is 10.0. The van der Waals surface area contributed by atoms with Crippen LogP contribution in [0.3, 0.4) is 0 Å². The topological polar surface area (TPSA) is 55.8 Å². The van der Waals surface area contributed by atoms with Crippen LogP contribution in [0.25, 0.3) is 0 Å². The molecule has 0 aromatic heterocycles. The zero-order chi connectivity index (χ0) is 16.7. The summed E-state index contributed by atoms with van der Waals surface area (Å²) in [6.45, 7) is 1.95. The molecule has 0 radical (unpaired) electrons. The molecule has 1 aliphatic heterocycles. The summed E-state index contributed by atoms with van der Waals surface area (Å²) in [4.78, 5) is 25.3. The van der Waals surface area contributed by atoms with Crippen molar-refractivity contribution < 1.29 is 19.1 Å². The molecule has 0 N–H and O–H groups in total. The number of methoxy groups -OCH3 is 1. The number of esters is 1. The Bertz CT molecular complexity index is 695. The number of benzene rings is 1. The van der Waals surface area contributed by atoms with Crippen molar-refractivity contribution in [1.29, 1.82) is 0 Å². The maximum absolute atomic E-state index is 12.1. The first-order valence-electron chi connectivity index (χ1n) is 7.15. The third-order valence-corrected chi connectivity index (χ3v) is 3.12. The van der Waals surface area contributed by atoms with Gasteiger partial charge in [0.1, 0.15) is 6.04 Å². The summed E-state index contributed by atoms with van der Waals surface area (Å²) < 4.78 is 9.79. The Kier molecular flexibility index (Phi) is 5.59. The SMILES string of the molecule is CCOC(=O)N1C=CC=C(C(=O)OC)C1C#Cc1ccccc1. The highest BCUT2D eigenvalue weighted by Crippen LogP contribution is 2.19. The monoisotopic (exact) mass is 311 g/mol. The number of allylic oxidation sites excluding steroid dienone is 2. The van der Waals surface area contributed by atoms with Gasteiger partial charge in [0.05, 0.1) is 19.3 Å². The van der Waals surface area contributed by atoms with Crippen molar-refractivity contribution in [2.75, 3.05) is 13.7 Å². The third kappa shape index (κ3) is 4.01. The molecule has 1 amide bonds. The zero-order valence-corrected chi connectivity index (χ0v) is 13.0. The predicted octanol–water partition coefficient (Wildman–Crippen LogP) is 2.49. The highest BCUT2D eigenvalue weighted by Gasteiger charge is 2.31. The van der Waals surface area contributed by atoms with Crippen LogP contribution in [0.15, 0.2) is 54.3 Å². The second-order valence-corrected chi connectivity index (χ2v) is 4.60. The van der Waals surface area contributed by atoms with Crippen molar-refractivity contribution in [3.8, 4) is 11.8 Å². The Hall–Kier alpha value is -3.00. The Balaban J connectivity index is 2.35. The first-order valence-corrected chi connectivity index (χ1v) is 7.15. The van der Waals surface area contributed by atoms with Crippen molar-refractivity contribution >= 4 is 12.1 Å². The molecule has 0 saturated carbocycles. The minimum absolute atomic E-state index is 0.235. The number of carbonyl (C=O) groups excluding carboxylic acids is 2. The van der Waals surface area contributed by atoms with Crippen LogP contribution in [0.5, 0.6) is 0 Å². The fraction of sp³-hybridized carbons (Fsp3) is 0.222. The van der Waals surface area contributed by atoms with E-state index in [1.807, 2.05) is 30.3 Å². The van der Waals surface area contributed by atoms with Gasteiger partial charge in [-0.05, 0) is 31.2 Å². The highest BCUT2D eigenvalue weighted by atomic mass is 16.6. The Labute approximate surface area is 135 Å². The number of hydrogen-bond acceptors (Lipinski definition) is 4. The fourth-order valence-electron chi connectivity index (χ4n) is 2.05. The van der Waals surface area contributed by atoms with Gasteiger partial charge in [-0.2, -0.15) is 0 Å². The van der Waals surface area contributed by atoms with E-state index in [0.717, 1.165) is 5.56 Å². The lowest BCUT2D eigenvalue weighted by Gasteiger charge is -2.27. The first kappa shape index (κ1) is 16.4. The number of hydrogen-bond donors (Lipinski definition) is 0. The van der Waals surface area contributed by atoms with Gasteiger partial charge in [-0.25, -0.2) is 9.59 Å². The van der Waals surface area contributed by atoms with Crippen molar-refractivity contribution in [3.63, 3.8) is 0 Å². The molecule has 0 fully saturated rings. The van der Waals surface area contributed by atoms with Crippen LogP contribution >= 0.6 is 0 Å². The standard InChI is InChI=1S/C18H17NO4/c1-3-23-18(21)19-13-7-10-15(17(20)22-2)16(19)12-11-14-8-5-4-6-9-14/h4-10,13,16H,3H2,1-2H3. The van der Waals surface area contributed by atoms with Crippen molar-refractivity contribution in [2.24, 2.45) is 0 Å². The van der Waals surface area contributed by atoms with Crippen LogP contribution in [0, 0.1) is 11.8 Å². The summed E-state index contributed by atoms with van der Waals surface area (Å²) in [6, 6.07) is 8.56. The third-order valence-electron chi connectivity index (χ3n) is 3.12. The van der Waals surface area contributed by atoms with E-state index in [1.165, 1.54) is 18.2 Å². The molecule has 118 valence electrons. The molecule has 5 nitrogen and oxygen atoms in total. The minimum Gasteiger partial charge on any atom is -0.466 e. The summed E-state index contributed by atoms with van der Waals surface area (Å²) in [5.41, 5.74) is 1.07. The van der Waals surface area contributed by atoms with Crippen LogP contribution in [0.1, 0.15) is 12.5 Å². The molecule has 1 heterocycles. The fourth-order valence-corrected chi connectivity index (χ4v) is 2.05. The van der Waals surface area contributed by atoms with E-state index >= 15 is 0 Å². The molecule has 5 heteroatoms. The van der Waals surface area contributed by atoms with Crippen LogP contribution < -0.4 is 0 Å². The summed E-state index contributed by atoms with van der Waals surface area (Å²) in [5, 5.41) is 0. The van der Waals surface area contributed by atoms with Crippen LogP contribution in [0.4, 0.5) is 4.79 Å². The van der Waals surface area contributed by atoms with Crippen LogP contribution in [-0.4, -0.2) is 36.7 Å². The van der Waals surface area contributed by atoms with Crippen molar-refractivity contribution in [1.82, 2.24) is 4.90 Å². The second-order valence-electron chi connectivity index (χ2n) is 4.60. The van der Waals surface area contributed by atoms with E-state index in [9.17, 15) is 9.59 Å². The Morgan fingerprint density at radius 2 is 2.00 bits per heavy atom. The largest absolute Gasteiger partial charge is 0.466 e. The molecular formula is C18H17NO4. The summed E-state index contributed by atoms with van der Waals surface area (Å²) >= 11 is 0. The van der Waals surface area contributed by atoms with Crippen LogP contribution in [0.2, 0.25) is 0 Å². The number of nitrogens with zero attached hydrogens (tertiary/aromatic N) is 1. The van der Waals surface area contributed by atoms with Gasteiger partial charge < -0.3 is 9.47 Å². The number of amides is 1. The Morgan fingerprint density at radius 3 is 2.65 bits per heavy atom. The Morgan fingerprint density at radius 1 is 1.26 bits per heavy atom. The molecule has 0 aliphatic carbocycles. The average Bonchev–Trinajstić information content (AvgIpc) is 2.60. The van der Waals surface area contributed by atoms with Gasteiger partial charge in [0.2, 0.25) is 0 Å². The lowest BCUT2D eigenvalue weighted by molar-refractivity contribution is -0.136. The van der Waals surface area contributed by atoms with Crippen LogP contribution in [-0.2, 0) is 14.3 Å². The van der Waals surface area contributed by atoms with E-state index in [1.54, 1.807) is 19.1 Å². The number of carbonyl (C=O) groups is 2. The van der Waals surface area contributed by atoms with E-state index < -0.39 is 18.1 Å². The van der Waals surface area contributed by atoms with E-state index in [2.05, 4.69) is 11.8 Å². The molecule has 1 aromatic rings. The van der Waals surface area contributed by atoms with Crippen molar-refractivity contribution in [3.05, 3.63) is 59.8 Å². The second kappa shape index (κ2) is 7.85. The average molecular weight is 311 g/mol. The molecular weight excluding hydrogens is 294 g/mol. The maximum atomic E-state index is 12.1. The predicted molar refractivity (Wildman–Crippen MR) is 85.2 cm³/mol. The zero-order valence-electron chi connectivity index (χ0n) is 13.0. The summed E-state index contributed by atoms with van der Waals surface area (Å²) in [7, 11) is 1.29. The maximum Gasteiger partial charge on any atom is 0.415 e. The molecule has 23 heavy (non-hydrogen) atoms. The quantitative estimate of drug-likeness (QED) is 0.622. The van der Waals surface area contributed by atoms with Gasteiger partial charge in [0.15, 0.2) is 0 Å². The highest BCUT2D eigenvalue weighted by molar-refractivity contribution is 5.92. The molecule has 1 aromatic carbocycles. The van der Waals surface area contributed by atoms with Gasteiger partial charge in [-0.1, -0.05) is 30.0 Å². The number of rotatable bonds is 2. The molecule has 2 rings (SSSR count). The van der Waals surface area contributed by atoms with Gasteiger partial charge in [0, 0.05) is 11.8 Å². The molecule has 1 unspecified atom stereocenters. The molecule has 1 aliphatic rings. The van der Waals surface area contributed by atoms with E-state index in [-0.39, 0.29) is 12.2 Å². The number of ether oxygens (including phenoxy) is 2. The molecule has 0 saturated heterocycles. The molecule has 0 spiro atoms. The summed E-state index contributed by atoms with van der Waals surface area (Å²) in [6.07, 6.45) is 4.15. The normalized spacial score (nSPS) is 16.0. The molecule has 0 bridgehead atoms. The van der Waals surface area contributed by atoms with Gasteiger partial charge in [-0.15, -0.1) is 0 Å². The minimum atomic E-state index is -0.758. The van der Waals surface area contributed by atoms with E-state index in [0.29, 0.717) is 0 Å². The van der Waals surface area contributed by atoms with Gasteiger partial charge in [-0.3, -0.25) is 4.90 Å².